The van der Waals surface area contributed by atoms with Crippen molar-refractivity contribution in [3.63, 3.8) is 0 Å². The van der Waals surface area contributed by atoms with Crippen molar-refractivity contribution in [1.29, 1.82) is 0 Å². The lowest BCUT2D eigenvalue weighted by molar-refractivity contribution is -0.0996. The molecule has 0 radical (unpaired) electrons. The van der Waals surface area contributed by atoms with Gasteiger partial charge in [-0.15, -0.1) is 0 Å². The number of hydrogen-bond donors (Lipinski definition) is 2. The quantitative estimate of drug-likeness (QED) is 0.155. The molecule has 23 rings (SSSR count). The summed E-state index contributed by atoms with van der Waals surface area (Å²) >= 11 is 0. The zero-order valence-electron chi connectivity index (χ0n) is 81.4. The van der Waals surface area contributed by atoms with E-state index >= 15 is 0 Å². The Labute approximate surface area is 753 Å². The van der Waals surface area contributed by atoms with Gasteiger partial charge in [-0.25, -0.2) is 0 Å². The van der Waals surface area contributed by atoms with E-state index in [9.17, 15) is 0 Å². The summed E-state index contributed by atoms with van der Waals surface area (Å²) in [6, 6.07) is 69.2. The number of ether oxygens (including phenoxy) is 6. The van der Waals surface area contributed by atoms with E-state index in [4.69, 9.17) is 28.4 Å². The van der Waals surface area contributed by atoms with Crippen LogP contribution in [0.2, 0.25) is 0 Å². The number of morpholine rings is 1. The first-order valence-corrected chi connectivity index (χ1v) is 48.4. The maximum Gasteiger partial charge on any atom is 0.123 e. The van der Waals surface area contributed by atoms with Gasteiger partial charge in [0.15, 0.2) is 0 Å². The van der Waals surface area contributed by atoms with Gasteiger partial charge in [-0.2, -0.15) is 0 Å². The molecule has 8 aliphatic heterocycles. The van der Waals surface area contributed by atoms with E-state index in [0.717, 1.165) is 126 Å². The van der Waals surface area contributed by atoms with E-state index in [1.165, 1.54) is 142 Å². The monoisotopic (exact) mass is 1680 g/mol. The molecule has 8 aromatic carbocycles. The molecule has 7 aliphatic carbocycles. The predicted molar refractivity (Wildman–Crippen MR) is 521 cm³/mol. The fourth-order valence-corrected chi connectivity index (χ4v) is 22.3. The maximum atomic E-state index is 5.64. The van der Waals surface area contributed by atoms with Crippen molar-refractivity contribution >= 4 is 0 Å². The van der Waals surface area contributed by atoms with Crippen LogP contribution in [0.4, 0.5) is 0 Å². The largest absolute Gasteiger partial charge is 0.493 e. The highest BCUT2D eigenvalue weighted by Gasteiger charge is 2.49. The Morgan fingerprint density at radius 1 is 0.323 bits per heavy atom. The Hall–Kier alpha value is -7.04. The molecule has 0 spiro atoms. The van der Waals surface area contributed by atoms with Gasteiger partial charge in [-0.05, 0) is 237 Å². The molecule has 4 atom stereocenters. The highest BCUT2D eigenvalue weighted by Crippen LogP contribution is 2.53. The maximum absolute atomic E-state index is 5.64. The number of fused-ring (bicyclic) bond motifs is 15. The van der Waals surface area contributed by atoms with Crippen molar-refractivity contribution in [3.05, 3.63) is 266 Å². The van der Waals surface area contributed by atoms with Gasteiger partial charge < -0.3 is 39.1 Å². The Morgan fingerprint density at radius 2 is 0.782 bits per heavy atom. The van der Waals surface area contributed by atoms with Crippen molar-refractivity contribution in [2.75, 3.05) is 59.3 Å². The average Bonchev–Trinajstić information content (AvgIpc) is 1.57. The van der Waals surface area contributed by atoms with Gasteiger partial charge in [0.25, 0.3) is 0 Å². The van der Waals surface area contributed by atoms with Crippen molar-refractivity contribution in [1.82, 2.24) is 10.6 Å². The summed E-state index contributed by atoms with van der Waals surface area (Å²) in [5, 5.41) is 6.85. The number of hydrogen-bond acceptors (Lipinski definition) is 8. The van der Waals surface area contributed by atoms with Gasteiger partial charge >= 0.3 is 0 Å². The van der Waals surface area contributed by atoms with Crippen molar-refractivity contribution in [2.45, 2.75) is 326 Å². The first-order chi connectivity index (χ1) is 58.7. The Morgan fingerprint density at radius 3 is 1.27 bits per heavy atom. The van der Waals surface area contributed by atoms with Gasteiger partial charge in [0.2, 0.25) is 0 Å². The van der Waals surface area contributed by atoms with E-state index in [1.807, 2.05) is 30.3 Å². The first-order valence-electron chi connectivity index (χ1n) is 48.4. The van der Waals surface area contributed by atoms with Crippen LogP contribution in [-0.2, 0) is 92.0 Å². The summed E-state index contributed by atoms with van der Waals surface area (Å²) in [6.07, 6.45) is 25.0. The molecule has 6 bridgehead atoms. The normalized spacial score (nSPS) is 25.6. The Balaban J connectivity index is 0.000000124. The van der Waals surface area contributed by atoms with Crippen LogP contribution in [0, 0.1) is 50.7 Å². The molecule has 8 heteroatoms. The fraction of sp³-hybridized carbons (Fsp3) is 0.586. The summed E-state index contributed by atoms with van der Waals surface area (Å²) in [5.74, 6) is 7.03. The molecular weight excluding hydrogens is 1520 g/mol. The second-order valence-electron chi connectivity index (χ2n) is 46.3. The molecule has 8 heterocycles. The standard InChI is InChI=1S/2C12H16.C11H15N.3C11H14O.C11H14.C10H18O.C10H12O.C10H18.C7H13NO/c1-12(2)9-5-7-10-6-3-4-8-11(10)12;1-12(2)8-7-10-5-3-4-6-11(10)9-12;2*1-11(2)8-12-7-9-5-3-4-6-10(9)11;1-11(2)7-9-5-3-4-6-10(9)12-8-11;1-11(2)7-8-12-10-6-4-3-5-9(10)11;1-11(2)8-7-9-5-3-4-6-10(9)11;1-10(2)8-4-3-5-9(10)7-11-6-8;1-10(2)7-11-9-6-4-3-5-8(9)10;1-10(2)7-8-3-5-9(10)6-4-8;1-7(2)5-4-9-6(7)3-8-5/h3-4,6,8H,5,7,9H2,1-2H3;3-6H,7-9H2,1-2H3;3-6,12H,7-8H2,1-2H3;3*3-6H,7-8H2,1-2H3;3-6H,7-8H2,1-2H3;8-9H,3-7H2,1-2H3;3-6H,7H2,1-2H3;8-9H,3-7H2,1-2H3;5-6,8H,3-4H2,1-2H3. The smallest absolute Gasteiger partial charge is 0.123 e. The van der Waals surface area contributed by atoms with Crippen LogP contribution in [0.25, 0.3) is 0 Å². The first kappa shape index (κ1) is 96.1. The van der Waals surface area contributed by atoms with E-state index in [2.05, 4.69) is 327 Å². The van der Waals surface area contributed by atoms with Crippen LogP contribution in [-0.4, -0.2) is 71.5 Å². The van der Waals surface area contributed by atoms with Crippen LogP contribution in [0.1, 0.15) is 308 Å². The summed E-state index contributed by atoms with van der Waals surface area (Å²) in [6.45, 7) is 61.1. The number of rotatable bonds is 0. The van der Waals surface area contributed by atoms with E-state index in [0.29, 0.717) is 55.5 Å². The van der Waals surface area contributed by atoms with Crippen LogP contribution >= 0.6 is 0 Å². The van der Waals surface area contributed by atoms with Gasteiger partial charge in [0.1, 0.15) is 17.2 Å². The number of nitrogens with one attached hydrogen (secondary N) is 2. The molecule has 4 saturated carbocycles. The van der Waals surface area contributed by atoms with Gasteiger partial charge in [0, 0.05) is 71.5 Å². The van der Waals surface area contributed by atoms with Crippen molar-refractivity contribution in [2.24, 2.45) is 50.7 Å². The van der Waals surface area contributed by atoms with Crippen LogP contribution < -0.4 is 24.8 Å². The summed E-state index contributed by atoms with van der Waals surface area (Å²) in [4.78, 5) is 0. The topological polar surface area (TPSA) is 79.4 Å². The predicted octanol–water partition coefficient (Wildman–Crippen LogP) is 27.8. The second-order valence-corrected chi connectivity index (χ2v) is 46.3. The van der Waals surface area contributed by atoms with Gasteiger partial charge in [0.05, 0.1) is 45.7 Å². The highest BCUT2D eigenvalue weighted by molar-refractivity contribution is 5.44. The van der Waals surface area contributed by atoms with Crippen molar-refractivity contribution < 1.29 is 28.4 Å². The van der Waals surface area contributed by atoms with Crippen molar-refractivity contribution in [3.8, 4) is 17.2 Å². The lowest BCUT2D eigenvalue weighted by Crippen LogP contribution is -2.45. The zero-order valence-corrected chi connectivity index (χ0v) is 81.4. The molecule has 7 fully saturated rings. The summed E-state index contributed by atoms with van der Waals surface area (Å²) < 4.78 is 33.3. The van der Waals surface area contributed by atoms with E-state index in [1.54, 1.807) is 33.4 Å². The third kappa shape index (κ3) is 24.7. The minimum Gasteiger partial charge on any atom is -0.493 e. The van der Waals surface area contributed by atoms with Gasteiger partial charge in [-0.1, -0.05) is 348 Å². The molecule has 8 nitrogen and oxygen atoms in total. The average molecular weight is 1680 g/mol. The molecule has 2 N–H and O–H groups in total. The minimum absolute atomic E-state index is 0.189. The molecule has 3 saturated heterocycles. The molecule has 0 amide bonds. The zero-order chi connectivity index (χ0) is 89.0. The SMILES string of the molecule is CC1(C)C2CCCC1COC2.CC1(C)C2COC1CN2.CC1(C)CC2CCC1CC2.CC1(C)CCCc2ccccc21.CC1(C)CCOc2ccccc21.CC1(C)CCc2ccccc21.CC1(C)CCc2ccccc2C1.CC1(C)CNCc2ccccc21.CC1(C)COCc2ccccc21.CC1(C)COc2ccccc21.CC1(C)COc2ccccc2C1. The highest BCUT2D eigenvalue weighted by atomic mass is 16.5. The fourth-order valence-electron chi connectivity index (χ4n) is 22.3. The molecule has 4 unspecified atom stereocenters. The number of benzene rings is 8. The minimum atomic E-state index is 0.189. The van der Waals surface area contributed by atoms with E-state index < -0.39 is 0 Å². The lowest BCUT2D eigenvalue weighted by Gasteiger charge is -2.48. The Bertz CT molecular complexity index is 4300. The number of para-hydroxylation sites is 3. The molecule has 124 heavy (non-hydrogen) atoms. The third-order valence-electron chi connectivity index (χ3n) is 31.1. The molecule has 674 valence electrons. The Kier molecular flexibility index (Phi) is 31.6. The van der Waals surface area contributed by atoms with Gasteiger partial charge in [-0.3, -0.25) is 0 Å². The molecule has 0 aromatic heterocycles. The van der Waals surface area contributed by atoms with E-state index in [-0.39, 0.29) is 16.2 Å². The number of aryl methyl sites for hydroxylation is 3. The lowest BCUT2D eigenvalue weighted by atomic mass is 9.58. The molecular formula is C116H164N2O6. The van der Waals surface area contributed by atoms with Crippen LogP contribution in [0.15, 0.2) is 194 Å². The summed E-state index contributed by atoms with van der Waals surface area (Å²) in [5.41, 5.74) is 23.4. The van der Waals surface area contributed by atoms with Crippen LogP contribution in [0.5, 0.6) is 17.2 Å². The van der Waals surface area contributed by atoms with Crippen LogP contribution in [0.3, 0.4) is 0 Å². The molecule has 8 aromatic rings. The molecule has 15 aliphatic rings. The second kappa shape index (κ2) is 40.7. The summed E-state index contributed by atoms with van der Waals surface area (Å²) in [7, 11) is 0. The third-order valence-corrected chi connectivity index (χ3v) is 31.1.